The first-order chi connectivity index (χ1) is 13.3. The van der Waals surface area contributed by atoms with Crippen LogP contribution in [0.4, 0.5) is 20.2 Å². The van der Waals surface area contributed by atoms with Crippen LogP contribution in [0.3, 0.4) is 0 Å². The van der Waals surface area contributed by atoms with Gasteiger partial charge in [0.2, 0.25) is 0 Å². The van der Waals surface area contributed by atoms with Gasteiger partial charge in [0.05, 0.1) is 33.6 Å². The number of carbonyl (C=O) groups is 1. The van der Waals surface area contributed by atoms with Crippen molar-refractivity contribution in [2.45, 2.75) is 6.42 Å². The number of anilines is 2. The molecule has 0 radical (unpaired) electrons. The number of hydrogen-bond acceptors (Lipinski definition) is 4. The van der Waals surface area contributed by atoms with Crippen LogP contribution >= 0.6 is 45.8 Å². The molecular weight excluding hydrogens is 528 g/mol. The smallest absolute Gasteiger partial charge is 0.277 e. The van der Waals surface area contributed by atoms with E-state index < -0.39 is 28.3 Å². The fourth-order valence-corrected chi connectivity index (χ4v) is 3.72. The Hall–Kier alpha value is -1.20. The molecule has 1 amide bonds. The van der Waals surface area contributed by atoms with E-state index in [0.717, 1.165) is 16.1 Å². The van der Waals surface area contributed by atoms with E-state index in [-0.39, 0.29) is 35.6 Å². The first-order valence-electron chi connectivity index (χ1n) is 8.24. The number of aliphatic hydroxyl groups excluding tert-OH is 1. The van der Waals surface area contributed by atoms with Gasteiger partial charge >= 0.3 is 0 Å². The Morgan fingerprint density at radius 3 is 2.61 bits per heavy atom. The summed E-state index contributed by atoms with van der Waals surface area (Å²) in [5.74, 6) is -3.08. The molecule has 150 valence electrons. The maximum atomic E-state index is 14.5. The molecule has 0 saturated heterocycles. The minimum absolute atomic E-state index is 0.0611. The summed E-state index contributed by atoms with van der Waals surface area (Å²) in [4.78, 5) is 17.6. The van der Waals surface area contributed by atoms with Crippen LogP contribution < -0.4 is 10.8 Å². The Bertz CT molecular complexity index is 917. The zero-order chi connectivity index (χ0) is 20.4. The average molecular weight is 543 g/mol. The van der Waals surface area contributed by atoms with Gasteiger partial charge in [0.25, 0.3) is 5.91 Å². The van der Waals surface area contributed by atoms with Gasteiger partial charge in [-0.1, -0.05) is 23.2 Å². The number of amides is 1. The molecule has 0 aromatic heterocycles. The summed E-state index contributed by atoms with van der Waals surface area (Å²) < 4.78 is 29.4. The van der Waals surface area contributed by atoms with Crippen LogP contribution in [0.2, 0.25) is 10.0 Å². The number of halogens is 5. The summed E-state index contributed by atoms with van der Waals surface area (Å²) in [6.07, 6.45) is 0.807. The Morgan fingerprint density at radius 1 is 1.21 bits per heavy atom. The van der Waals surface area contributed by atoms with Crippen LogP contribution in [-0.4, -0.2) is 24.2 Å². The fourth-order valence-electron chi connectivity index (χ4n) is 2.63. The lowest BCUT2D eigenvalue weighted by Crippen LogP contribution is -2.26. The Labute approximate surface area is 183 Å². The second kappa shape index (κ2) is 9.08. The standard InChI is InChI=1S/C18H15Cl2F2IN2O3/c19-12-4-10(23)1-2-14(12)24-17-11(5-13(20)15(21)16(17)22)18(27)25-28-7-9-3-8(9)6-26/h1-2,4-5,8-9,24,26H,3,6-7H2,(H,25,27). The van der Waals surface area contributed by atoms with Gasteiger partial charge in [-0.3, -0.25) is 9.63 Å². The van der Waals surface area contributed by atoms with Gasteiger partial charge in [0, 0.05) is 10.2 Å². The van der Waals surface area contributed by atoms with Gasteiger partial charge < -0.3 is 10.4 Å². The van der Waals surface area contributed by atoms with E-state index in [2.05, 4.69) is 33.4 Å². The number of benzene rings is 2. The first-order valence-corrected chi connectivity index (χ1v) is 10.1. The molecule has 2 aromatic rings. The SMILES string of the molecule is O=C(NOCC1CC1CO)c1cc(Cl)c(F)c(F)c1Nc1ccc(I)cc1Cl. The molecule has 0 aliphatic heterocycles. The molecule has 1 saturated carbocycles. The summed E-state index contributed by atoms with van der Waals surface area (Å²) in [7, 11) is 0. The third kappa shape index (κ3) is 4.85. The number of nitrogens with one attached hydrogen (secondary N) is 2. The van der Waals surface area contributed by atoms with Crippen LogP contribution in [0.5, 0.6) is 0 Å². The molecule has 10 heteroatoms. The van der Waals surface area contributed by atoms with E-state index in [9.17, 15) is 13.6 Å². The van der Waals surface area contributed by atoms with Crippen molar-refractivity contribution < 1.29 is 23.5 Å². The lowest BCUT2D eigenvalue weighted by Gasteiger charge is -2.15. The van der Waals surface area contributed by atoms with Gasteiger partial charge in [-0.2, -0.15) is 0 Å². The Balaban J connectivity index is 1.82. The molecule has 5 nitrogen and oxygen atoms in total. The van der Waals surface area contributed by atoms with Crippen molar-refractivity contribution in [3.8, 4) is 0 Å². The van der Waals surface area contributed by atoms with Gasteiger partial charge in [-0.05, 0) is 65.1 Å². The highest BCUT2D eigenvalue weighted by Gasteiger charge is 2.36. The molecule has 1 aliphatic rings. The average Bonchev–Trinajstić information content (AvgIpc) is 3.42. The molecule has 3 N–H and O–H groups in total. The zero-order valence-corrected chi connectivity index (χ0v) is 17.9. The molecule has 0 heterocycles. The summed E-state index contributed by atoms with van der Waals surface area (Å²) in [6, 6.07) is 5.94. The van der Waals surface area contributed by atoms with Crippen LogP contribution in [0.25, 0.3) is 0 Å². The maximum Gasteiger partial charge on any atom is 0.277 e. The number of hydrogen-bond donors (Lipinski definition) is 3. The topological polar surface area (TPSA) is 70.6 Å². The predicted molar refractivity (Wildman–Crippen MR) is 111 cm³/mol. The van der Waals surface area contributed by atoms with Crippen molar-refractivity contribution in [1.82, 2.24) is 5.48 Å². The summed E-state index contributed by atoms with van der Waals surface area (Å²) in [5, 5.41) is 11.4. The van der Waals surface area contributed by atoms with Crippen molar-refractivity contribution in [2.75, 3.05) is 18.5 Å². The minimum atomic E-state index is -1.31. The second-order valence-electron chi connectivity index (χ2n) is 6.34. The summed E-state index contributed by atoms with van der Waals surface area (Å²) >= 11 is 13.9. The van der Waals surface area contributed by atoms with Gasteiger partial charge in [0.15, 0.2) is 11.6 Å². The van der Waals surface area contributed by atoms with E-state index in [1.54, 1.807) is 18.2 Å². The van der Waals surface area contributed by atoms with Crippen molar-refractivity contribution in [1.29, 1.82) is 0 Å². The maximum absolute atomic E-state index is 14.5. The number of hydroxylamine groups is 1. The molecular formula is C18H15Cl2F2IN2O3. The lowest BCUT2D eigenvalue weighted by atomic mass is 10.1. The summed E-state index contributed by atoms with van der Waals surface area (Å²) in [5.41, 5.74) is 1.84. The number of carbonyl (C=O) groups excluding carboxylic acids is 1. The molecule has 0 bridgehead atoms. The van der Waals surface area contributed by atoms with Crippen molar-refractivity contribution in [3.63, 3.8) is 0 Å². The Morgan fingerprint density at radius 2 is 1.96 bits per heavy atom. The molecule has 28 heavy (non-hydrogen) atoms. The molecule has 2 atom stereocenters. The third-order valence-electron chi connectivity index (χ3n) is 4.36. The lowest BCUT2D eigenvalue weighted by molar-refractivity contribution is 0.0248. The minimum Gasteiger partial charge on any atom is -0.396 e. The predicted octanol–water partition coefficient (Wildman–Crippen LogP) is 4.91. The van der Waals surface area contributed by atoms with Crippen molar-refractivity contribution in [3.05, 3.63) is 55.1 Å². The first kappa shape index (κ1) is 21.5. The fraction of sp³-hybridized carbons (Fsp3) is 0.278. The number of aliphatic hydroxyl groups is 1. The monoisotopic (exact) mass is 542 g/mol. The molecule has 0 spiro atoms. The van der Waals surface area contributed by atoms with Crippen molar-refractivity contribution >= 4 is 63.1 Å². The van der Waals surface area contributed by atoms with E-state index in [4.69, 9.17) is 33.1 Å². The molecule has 2 unspecified atom stereocenters. The van der Waals surface area contributed by atoms with E-state index in [0.29, 0.717) is 5.69 Å². The zero-order valence-electron chi connectivity index (χ0n) is 14.2. The highest BCUT2D eigenvalue weighted by Crippen LogP contribution is 2.38. The summed E-state index contributed by atoms with van der Waals surface area (Å²) in [6.45, 7) is 0.270. The van der Waals surface area contributed by atoms with E-state index >= 15 is 0 Å². The highest BCUT2D eigenvalue weighted by molar-refractivity contribution is 14.1. The van der Waals surface area contributed by atoms with Gasteiger partial charge in [-0.25, -0.2) is 14.3 Å². The molecule has 1 aliphatic carbocycles. The molecule has 2 aromatic carbocycles. The van der Waals surface area contributed by atoms with E-state index in [1.165, 1.54) is 0 Å². The van der Waals surface area contributed by atoms with Crippen LogP contribution in [0, 0.1) is 27.0 Å². The Kier molecular flexibility index (Phi) is 6.98. The van der Waals surface area contributed by atoms with Crippen LogP contribution in [-0.2, 0) is 4.84 Å². The number of rotatable bonds is 7. The second-order valence-corrected chi connectivity index (χ2v) is 8.40. The van der Waals surface area contributed by atoms with E-state index in [1.807, 2.05) is 0 Å². The third-order valence-corrected chi connectivity index (χ3v) is 5.62. The molecule has 3 rings (SSSR count). The van der Waals surface area contributed by atoms with Crippen molar-refractivity contribution in [2.24, 2.45) is 11.8 Å². The van der Waals surface area contributed by atoms with Crippen LogP contribution in [0.1, 0.15) is 16.8 Å². The molecule has 1 fully saturated rings. The highest BCUT2D eigenvalue weighted by atomic mass is 127. The van der Waals surface area contributed by atoms with Gasteiger partial charge in [0.1, 0.15) is 0 Å². The largest absolute Gasteiger partial charge is 0.396 e. The van der Waals surface area contributed by atoms with Crippen LogP contribution in [0.15, 0.2) is 24.3 Å². The normalized spacial score (nSPS) is 18.1. The quantitative estimate of drug-likeness (QED) is 0.264. The van der Waals surface area contributed by atoms with Gasteiger partial charge in [-0.15, -0.1) is 0 Å².